The SMILES string of the molecule is COc1cc(C=NNC(=O)C(NC(=O)c2ccc(Cl)c(Cl)c2)C(C)C)ccc1OC(C)C. The molecule has 0 aliphatic heterocycles. The molecule has 0 saturated heterocycles. The molecule has 0 spiro atoms. The Bertz CT molecular complexity index is 993. The Hall–Kier alpha value is -2.77. The topological polar surface area (TPSA) is 89.0 Å². The van der Waals surface area contributed by atoms with Crippen LogP contribution >= 0.6 is 23.2 Å². The van der Waals surface area contributed by atoms with Crippen LogP contribution in [0.5, 0.6) is 11.5 Å². The van der Waals surface area contributed by atoms with Crippen LogP contribution in [0.2, 0.25) is 10.0 Å². The average molecular weight is 480 g/mol. The van der Waals surface area contributed by atoms with Crippen LogP contribution in [0.15, 0.2) is 41.5 Å². The molecular weight excluding hydrogens is 453 g/mol. The first kappa shape index (κ1) is 25.5. The van der Waals surface area contributed by atoms with Crippen molar-refractivity contribution in [3.05, 3.63) is 57.6 Å². The number of benzene rings is 2. The van der Waals surface area contributed by atoms with Gasteiger partial charge in [0.05, 0.1) is 29.5 Å². The molecule has 0 aromatic heterocycles. The third kappa shape index (κ3) is 7.14. The monoisotopic (exact) mass is 479 g/mol. The van der Waals surface area contributed by atoms with Gasteiger partial charge in [0.2, 0.25) is 0 Å². The molecular formula is C23H27Cl2N3O4. The molecule has 2 N–H and O–H groups in total. The minimum absolute atomic E-state index is 0.00906. The lowest BCUT2D eigenvalue weighted by atomic mass is 10.0. The fourth-order valence-corrected chi connectivity index (χ4v) is 3.05. The molecule has 0 bridgehead atoms. The summed E-state index contributed by atoms with van der Waals surface area (Å²) >= 11 is 11.9. The number of halogens is 2. The van der Waals surface area contributed by atoms with Crippen LogP contribution < -0.4 is 20.2 Å². The second-order valence-corrected chi connectivity index (χ2v) is 8.45. The Balaban J connectivity index is 2.05. The number of methoxy groups -OCH3 is 1. The molecule has 172 valence electrons. The van der Waals surface area contributed by atoms with Gasteiger partial charge < -0.3 is 14.8 Å². The smallest absolute Gasteiger partial charge is 0.262 e. The van der Waals surface area contributed by atoms with E-state index < -0.39 is 17.9 Å². The van der Waals surface area contributed by atoms with Crippen molar-refractivity contribution in [2.45, 2.75) is 39.8 Å². The number of hydrogen-bond donors (Lipinski definition) is 2. The van der Waals surface area contributed by atoms with Gasteiger partial charge in [-0.2, -0.15) is 5.10 Å². The summed E-state index contributed by atoms with van der Waals surface area (Å²) in [6.45, 7) is 7.49. The van der Waals surface area contributed by atoms with Crippen molar-refractivity contribution in [3.8, 4) is 11.5 Å². The second kappa shape index (κ2) is 11.7. The van der Waals surface area contributed by atoms with Gasteiger partial charge in [-0.3, -0.25) is 9.59 Å². The molecule has 0 heterocycles. The van der Waals surface area contributed by atoms with E-state index in [0.29, 0.717) is 27.6 Å². The first-order chi connectivity index (χ1) is 15.1. The lowest BCUT2D eigenvalue weighted by Gasteiger charge is -2.20. The normalized spacial score (nSPS) is 12.2. The van der Waals surface area contributed by atoms with Crippen LogP contribution in [-0.2, 0) is 4.79 Å². The van der Waals surface area contributed by atoms with Crippen molar-refractivity contribution in [1.29, 1.82) is 0 Å². The zero-order valence-electron chi connectivity index (χ0n) is 18.6. The number of nitrogens with one attached hydrogen (secondary N) is 2. The third-order valence-electron chi connectivity index (χ3n) is 4.36. The Morgan fingerprint density at radius 1 is 1.00 bits per heavy atom. The summed E-state index contributed by atoms with van der Waals surface area (Å²) in [7, 11) is 1.55. The van der Waals surface area contributed by atoms with E-state index in [0.717, 1.165) is 0 Å². The highest BCUT2D eigenvalue weighted by molar-refractivity contribution is 6.42. The summed E-state index contributed by atoms with van der Waals surface area (Å²) in [5, 5.41) is 7.32. The molecule has 2 aromatic carbocycles. The van der Waals surface area contributed by atoms with Crippen LogP contribution in [0.1, 0.15) is 43.6 Å². The van der Waals surface area contributed by atoms with E-state index in [4.69, 9.17) is 32.7 Å². The Morgan fingerprint density at radius 2 is 1.72 bits per heavy atom. The molecule has 0 aliphatic carbocycles. The van der Waals surface area contributed by atoms with Crippen LogP contribution in [0.4, 0.5) is 0 Å². The molecule has 32 heavy (non-hydrogen) atoms. The maximum absolute atomic E-state index is 12.6. The summed E-state index contributed by atoms with van der Waals surface area (Å²) in [5.41, 5.74) is 3.48. The predicted molar refractivity (Wildman–Crippen MR) is 127 cm³/mol. The minimum atomic E-state index is -0.801. The van der Waals surface area contributed by atoms with E-state index >= 15 is 0 Å². The number of rotatable bonds is 9. The number of hydrogen-bond acceptors (Lipinski definition) is 5. The van der Waals surface area contributed by atoms with Crippen molar-refractivity contribution >= 4 is 41.2 Å². The number of carbonyl (C=O) groups is 2. The minimum Gasteiger partial charge on any atom is -0.493 e. The summed E-state index contributed by atoms with van der Waals surface area (Å²) in [6, 6.07) is 9.03. The highest BCUT2D eigenvalue weighted by atomic mass is 35.5. The molecule has 0 saturated carbocycles. The fourth-order valence-electron chi connectivity index (χ4n) is 2.75. The number of hydrazone groups is 1. The van der Waals surface area contributed by atoms with Gasteiger partial charge in [-0.25, -0.2) is 5.43 Å². The highest BCUT2D eigenvalue weighted by Crippen LogP contribution is 2.28. The Kier molecular flexibility index (Phi) is 9.35. The van der Waals surface area contributed by atoms with Gasteiger partial charge in [0.25, 0.3) is 11.8 Å². The second-order valence-electron chi connectivity index (χ2n) is 7.64. The van der Waals surface area contributed by atoms with Crippen LogP contribution in [0, 0.1) is 5.92 Å². The summed E-state index contributed by atoms with van der Waals surface area (Å²) in [5.74, 6) is 0.115. The van der Waals surface area contributed by atoms with Gasteiger partial charge in [0.1, 0.15) is 6.04 Å². The number of nitrogens with zero attached hydrogens (tertiary/aromatic N) is 1. The zero-order valence-corrected chi connectivity index (χ0v) is 20.1. The average Bonchev–Trinajstić information content (AvgIpc) is 2.73. The number of carbonyl (C=O) groups excluding carboxylic acids is 2. The van der Waals surface area contributed by atoms with Crippen LogP contribution in [0.3, 0.4) is 0 Å². The van der Waals surface area contributed by atoms with E-state index in [2.05, 4.69) is 15.8 Å². The first-order valence-electron chi connectivity index (χ1n) is 10.1. The zero-order chi connectivity index (χ0) is 23.8. The standard InChI is InChI=1S/C23H27Cl2N3O4/c1-13(2)21(27-22(29)16-7-8-17(24)18(25)11-16)23(30)28-26-12-15-6-9-19(32-14(3)4)20(10-15)31-5/h6-14,21H,1-5H3,(H,27,29)(H,28,30). The van der Waals surface area contributed by atoms with E-state index in [1.54, 1.807) is 25.3 Å². The highest BCUT2D eigenvalue weighted by Gasteiger charge is 2.24. The van der Waals surface area contributed by atoms with Gasteiger partial charge >= 0.3 is 0 Å². The quantitative estimate of drug-likeness (QED) is 0.403. The molecule has 2 aromatic rings. The van der Waals surface area contributed by atoms with Gasteiger partial charge in [-0.1, -0.05) is 37.0 Å². The lowest BCUT2D eigenvalue weighted by Crippen LogP contribution is -2.48. The van der Waals surface area contributed by atoms with Gasteiger partial charge in [-0.05, 0) is 61.7 Å². The van der Waals surface area contributed by atoms with Gasteiger partial charge in [0, 0.05) is 5.56 Å². The van der Waals surface area contributed by atoms with Crippen molar-refractivity contribution < 1.29 is 19.1 Å². The van der Waals surface area contributed by atoms with Crippen molar-refractivity contribution in [3.63, 3.8) is 0 Å². The molecule has 9 heteroatoms. The Labute approximate surface area is 198 Å². The first-order valence-corrected chi connectivity index (χ1v) is 10.8. The van der Waals surface area contributed by atoms with Crippen LogP contribution in [0.25, 0.3) is 0 Å². The summed E-state index contributed by atoms with van der Waals surface area (Å²) in [4.78, 5) is 25.2. The van der Waals surface area contributed by atoms with Gasteiger partial charge in [0.15, 0.2) is 11.5 Å². The van der Waals surface area contributed by atoms with E-state index in [1.807, 2.05) is 27.7 Å². The lowest BCUT2D eigenvalue weighted by molar-refractivity contribution is -0.123. The maximum atomic E-state index is 12.6. The van der Waals surface area contributed by atoms with Crippen molar-refractivity contribution in [1.82, 2.24) is 10.7 Å². The summed E-state index contributed by atoms with van der Waals surface area (Å²) < 4.78 is 11.0. The van der Waals surface area contributed by atoms with E-state index in [-0.39, 0.29) is 17.0 Å². The predicted octanol–water partition coefficient (Wildman–Crippen LogP) is 4.69. The molecule has 0 aliphatic rings. The molecule has 2 amide bonds. The largest absolute Gasteiger partial charge is 0.493 e. The molecule has 1 atom stereocenters. The fraction of sp³-hybridized carbons (Fsp3) is 0.348. The Morgan fingerprint density at radius 3 is 2.31 bits per heavy atom. The molecule has 2 rings (SSSR count). The van der Waals surface area contributed by atoms with Crippen molar-refractivity contribution in [2.24, 2.45) is 11.0 Å². The molecule has 7 nitrogen and oxygen atoms in total. The number of amides is 2. The van der Waals surface area contributed by atoms with E-state index in [9.17, 15) is 9.59 Å². The van der Waals surface area contributed by atoms with Crippen LogP contribution in [-0.4, -0.2) is 37.3 Å². The molecule has 0 fully saturated rings. The summed E-state index contributed by atoms with van der Waals surface area (Å²) in [6.07, 6.45) is 1.49. The van der Waals surface area contributed by atoms with Gasteiger partial charge in [-0.15, -0.1) is 0 Å². The molecule has 0 radical (unpaired) electrons. The third-order valence-corrected chi connectivity index (χ3v) is 5.10. The number of ether oxygens (including phenoxy) is 2. The van der Waals surface area contributed by atoms with Crippen molar-refractivity contribution in [2.75, 3.05) is 7.11 Å². The maximum Gasteiger partial charge on any atom is 0.262 e. The van der Waals surface area contributed by atoms with E-state index in [1.165, 1.54) is 24.4 Å². The molecule has 1 unspecified atom stereocenters.